The van der Waals surface area contributed by atoms with Crippen LogP contribution in [-0.2, 0) is 9.59 Å². The average Bonchev–Trinajstić information content (AvgIpc) is 2.87. The normalized spacial score (nSPS) is 15.4. The van der Waals surface area contributed by atoms with E-state index in [1.807, 2.05) is 18.2 Å². The Morgan fingerprint density at radius 3 is 2.67 bits per heavy atom. The van der Waals surface area contributed by atoms with Crippen molar-refractivity contribution in [3.05, 3.63) is 36.1 Å². The number of aliphatic carboxylic acids is 1. The lowest BCUT2D eigenvalue weighted by atomic mass is 10.1. The van der Waals surface area contributed by atoms with Crippen LogP contribution in [0.3, 0.4) is 0 Å². The highest BCUT2D eigenvalue weighted by atomic mass is 16.4. The molecule has 0 aliphatic rings. The first-order chi connectivity index (χ1) is 9.81. The molecule has 112 valence electrons. The number of fused-ring (bicyclic) bond motifs is 1. The summed E-state index contributed by atoms with van der Waals surface area (Å²) in [5, 5.41) is 21.7. The summed E-state index contributed by atoms with van der Waals surface area (Å²) in [6.45, 7) is 2.41. The number of rotatable bonds is 5. The third-order valence-electron chi connectivity index (χ3n) is 3.33. The van der Waals surface area contributed by atoms with Gasteiger partial charge in [-0.2, -0.15) is 0 Å². The van der Waals surface area contributed by atoms with E-state index >= 15 is 0 Å². The molecule has 6 heteroatoms. The van der Waals surface area contributed by atoms with E-state index in [2.05, 4.69) is 5.32 Å². The van der Waals surface area contributed by atoms with Crippen molar-refractivity contribution < 1.29 is 24.2 Å². The van der Waals surface area contributed by atoms with Crippen LogP contribution in [0.2, 0.25) is 0 Å². The molecule has 0 saturated carbocycles. The Kier molecular flexibility index (Phi) is 3.99. The van der Waals surface area contributed by atoms with Crippen LogP contribution in [0.25, 0.3) is 11.0 Å². The molecule has 0 aliphatic heterocycles. The Bertz CT molecular complexity index is 641. The minimum atomic E-state index is -2.00. The first-order valence-electron chi connectivity index (χ1n) is 6.53. The van der Waals surface area contributed by atoms with Crippen LogP contribution in [0.1, 0.15) is 25.5 Å². The predicted molar refractivity (Wildman–Crippen MR) is 75.9 cm³/mol. The average molecular weight is 291 g/mol. The molecular formula is C15H17NO5. The second-order valence-electron chi connectivity index (χ2n) is 5.21. The van der Waals surface area contributed by atoms with E-state index in [9.17, 15) is 14.7 Å². The van der Waals surface area contributed by atoms with Gasteiger partial charge in [-0.25, -0.2) is 4.79 Å². The Labute approximate surface area is 121 Å². The van der Waals surface area contributed by atoms with Crippen molar-refractivity contribution in [3.63, 3.8) is 0 Å². The predicted octanol–water partition coefficient (Wildman–Crippen LogP) is 1.49. The molecule has 1 amide bonds. The number of aliphatic hydroxyl groups is 1. The fourth-order valence-electron chi connectivity index (χ4n) is 1.83. The van der Waals surface area contributed by atoms with Crippen LogP contribution in [-0.4, -0.2) is 34.2 Å². The quantitative estimate of drug-likeness (QED) is 0.775. The monoisotopic (exact) mass is 291 g/mol. The van der Waals surface area contributed by atoms with E-state index < -0.39 is 23.4 Å². The maximum atomic E-state index is 12.0. The van der Waals surface area contributed by atoms with Crippen molar-refractivity contribution in [1.82, 2.24) is 5.32 Å². The molecule has 1 aromatic carbocycles. The summed E-state index contributed by atoms with van der Waals surface area (Å²) in [4.78, 5) is 22.8. The van der Waals surface area contributed by atoms with Gasteiger partial charge in [0, 0.05) is 5.39 Å². The summed E-state index contributed by atoms with van der Waals surface area (Å²) < 4.78 is 5.59. The summed E-state index contributed by atoms with van der Waals surface area (Å²) in [7, 11) is 0. The number of para-hydroxylation sites is 1. The minimum Gasteiger partial charge on any atom is -0.479 e. The standard InChI is InChI=1S/C15H17NO5/c1-9(13(17)16-8-15(2,20)14(18)19)12-7-10-5-3-4-6-11(10)21-12/h3-7,9,20H,8H2,1-2H3,(H,16,17)(H,18,19). The highest BCUT2D eigenvalue weighted by Crippen LogP contribution is 2.25. The number of carbonyl (C=O) groups excluding carboxylic acids is 1. The molecule has 3 N–H and O–H groups in total. The van der Waals surface area contributed by atoms with Crippen LogP contribution >= 0.6 is 0 Å². The molecule has 2 aromatic rings. The number of hydrogen-bond donors (Lipinski definition) is 3. The van der Waals surface area contributed by atoms with Crippen LogP contribution in [0, 0.1) is 0 Å². The van der Waals surface area contributed by atoms with Gasteiger partial charge in [0.1, 0.15) is 11.3 Å². The first kappa shape index (κ1) is 15.1. The largest absolute Gasteiger partial charge is 0.479 e. The number of carboxylic acid groups (broad SMARTS) is 1. The van der Waals surface area contributed by atoms with Gasteiger partial charge >= 0.3 is 5.97 Å². The van der Waals surface area contributed by atoms with E-state index in [4.69, 9.17) is 9.52 Å². The summed E-state index contributed by atoms with van der Waals surface area (Å²) in [6, 6.07) is 9.16. The number of hydrogen-bond acceptors (Lipinski definition) is 4. The van der Waals surface area contributed by atoms with Crippen molar-refractivity contribution in [2.75, 3.05) is 6.54 Å². The van der Waals surface area contributed by atoms with E-state index in [0.717, 1.165) is 12.3 Å². The molecule has 0 aliphatic carbocycles. The molecule has 1 aromatic heterocycles. The van der Waals surface area contributed by atoms with Gasteiger partial charge in [-0.1, -0.05) is 18.2 Å². The zero-order valence-electron chi connectivity index (χ0n) is 11.8. The van der Waals surface area contributed by atoms with Crippen molar-refractivity contribution in [1.29, 1.82) is 0 Å². The summed E-state index contributed by atoms with van der Waals surface area (Å²) >= 11 is 0. The van der Waals surface area contributed by atoms with Gasteiger partial charge in [-0.3, -0.25) is 4.79 Å². The lowest BCUT2D eigenvalue weighted by molar-refractivity contribution is -0.156. The number of carboxylic acids is 1. The van der Waals surface area contributed by atoms with Gasteiger partial charge in [0.25, 0.3) is 0 Å². The molecule has 1 heterocycles. The number of furan rings is 1. The highest BCUT2D eigenvalue weighted by molar-refractivity contribution is 5.86. The topological polar surface area (TPSA) is 99.8 Å². The van der Waals surface area contributed by atoms with E-state index in [1.165, 1.54) is 0 Å². The van der Waals surface area contributed by atoms with Gasteiger partial charge in [-0.05, 0) is 26.0 Å². The number of carbonyl (C=O) groups is 2. The molecule has 0 spiro atoms. The number of benzene rings is 1. The van der Waals surface area contributed by atoms with E-state index in [-0.39, 0.29) is 6.54 Å². The van der Waals surface area contributed by atoms with Crippen molar-refractivity contribution in [2.45, 2.75) is 25.4 Å². The SMILES string of the molecule is CC(C(=O)NCC(C)(O)C(=O)O)c1cc2ccccc2o1. The lowest BCUT2D eigenvalue weighted by Gasteiger charge is -2.19. The molecule has 2 atom stereocenters. The van der Waals surface area contributed by atoms with Gasteiger partial charge in [0.2, 0.25) is 5.91 Å². The minimum absolute atomic E-state index is 0.369. The maximum absolute atomic E-state index is 12.0. The first-order valence-corrected chi connectivity index (χ1v) is 6.53. The van der Waals surface area contributed by atoms with Gasteiger partial charge in [0.05, 0.1) is 12.5 Å². The van der Waals surface area contributed by atoms with Crippen LogP contribution in [0.15, 0.2) is 34.7 Å². The van der Waals surface area contributed by atoms with Gasteiger partial charge in [-0.15, -0.1) is 0 Å². The molecule has 0 radical (unpaired) electrons. The second kappa shape index (κ2) is 5.57. The number of amides is 1. The second-order valence-corrected chi connectivity index (χ2v) is 5.21. The summed E-state index contributed by atoms with van der Waals surface area (Å²) in [5.41, 5.74) is -1.31. The molecule has 21 heavy (non-hydrogen) atoms. The summed E-state index contributed by atoms with van der Waals surface area (Å²) in [6.07, 6.45) is 0. The zero-order chi connectivity index (χ0) is 15.6. The fourth-order valence-corrected chi connectivity index (χ4v) is 1.83. The molecule has 0 bridgehead atoms. The molecule has 2 unspecified atom stereocenters. The Balaban J connectivity index is 2.07. The van der Waals surface area contributed by atoms with Gasteiger partial charge < -0.3 is 19.9 Å². The summed E-state index contributed by atoms with van der Waals surface area (Å²) in [5.74, 6) is -1.89. The van der Waals surface area contributed by atoms with Crippen molar-refractivity contribution >= 4 is 22.8 Å². The van der Waals surface area contributed by atoms with Crippen molar-refractivity contribution in [2.24, 2.45) is 0 Å². The molecule has 2 rings (SSSR count). The molecule has 0 saturated heterocycles. The van der Waals surface area contributed by atoms with Gasteiger partial charge in [0.15, 0.2) is 5.60 Å². The molecular weight excluding hydrogens is 274 g/mol. The van der Waals surface area contributed by atoms with E-state index in [0.29, 0.717) is 11.3 Å². The van der Waals surface area contributed by atoms with E-state index in [1.54, 1.807) is 19.1 Å². The number of nitrogens with one attached hydrogen (secondary N) is 1. The van der Waals surface area contributed by atoms with Crippen LogP contribution in [0.5, 0.6) is 0 Å². The third-order valence-corrected chi connectivity index (χ3v) is 3.33. The maximum Gasteiger partial charge on any atom is 0.337 e. The Morgan fingerprint density at radius 2 is 2.05 bits per heavy atom. The molecule has 0 fully saturated rings. The third kappa shape index (κ3) is 3.22. The molecule has 6 nitrogen and oxygen atoms in total. The van der Waals surface area contributed by atoms with Crippen LogP contribution < -0.4 is 5.32 Å². The highest BCUT2D eigenvalue weighted by Gasteiger charge is 2.31. The van der Waals surface area contributed by atoms with Crippen molar-refractivity contribution in [3.8, 4) is 0 Å². The lowest BCUT2D eigenvalue weighted by Crippen LogP contribution is -2.47. The smallest absolute Gasteiger partial charge is 0.337 e. The Hall–Kier alpha value is -2.34. The zero-order valence-corrected chi connectivity index (χ0v) is 11.8. The Morgan fingerprint density at radius 1 is 1.38 bits per heavy atom. The fraction of sp³-hybridized carbons (Fsp3) is 0.333. The van der Waals surface area contributed by atoms with Crippen LogP contribution in [0.4, 0.5) is 0 Å².